The molecule has 3 aromatic rings. The van der Waals surface area contributed by atoms with Crippen LogP contribution in [-0.4, -0.2) is 32.9 Å². The van der Waals surface area contributed by atoms with E-state index in [-0.39, 0.29) is 6.54 Å². The average molecular weight is 326 g/mol. The minimum atomic E-state index is -1.76. The first-order chi connectivity index (χ1) is 11.4. The Morgan fingerprint density at radius 2 is 1.88 bits per heavy atom. The summed E-state index contributed by atoms with van der Waals surface area (Å²) in [7, 11) is 0. The van der Waals surface area contributed by atoms with Crippen molar-refractivity contribution in [3.63, 3.8) is 0 Å². The molecule has 0 amide bonds. The smallest absolute Gasteiger partial charge is 0.336 e. The largest absolute Gasteiger partial charge is 0.479 e. The third kappa shape index (κ3) is 2.88. The molecular weight excluding hydrogens is 304 g/mol. The van der Waals surface area contributed by atoms with Crippen molar-refractivity contribution >= 4 is 27.8 Å². The van der Waals surface area contributed by atoms with Crippen LogP contribution >= 0.6 is 0 Å². The fourth-order valence-electron chi connectivity index (χ4n) is 3.08. The molecule has 0 saturated heterocycles. The van der Waals surface area contributed by atoms with Gasteiger partial charge >= 0.3 is 5.97 Å². The van der Waals surface area contributed by atoms with E-state index < -0.39 is 11.6 Å². The molecule has 1 heterocycles. The van der Waals surface area contributed by atoms with E-state index in [2.05, 4.69) is 41.1 Å². The average Bonchev–Trinajstić information content (AvgIpc) is 2.88. The number of aliphatic carboxylic acids is 1. The number of aromatic nitrogens is 1. The fraction of sp³-hybridized carbons (Fsp3) is 0.316. The Labute approximate surface area is 140 Å². The fourth-order valence-corrected chi connectivity index (χ4v) is 3.08. The van der Waals surface area contributed by atoms with E-state index in [1.807, 2.05) is 18.2 Å². The van der Waals surface area contributed by atoms with Gasteiger partial charge in [0, 0.05) is 41.4 Å². The normalized spacial score (nSPS) is 14.1. The molecule has 0 aliphatic carbocycles. The third-order valence-corrected chi connectivity index (χ3v) is 4.41. The molecule has 0 aliphatic rings. The lowest BCUT2D eigenvalue weighted by atomic mass is 10.1. The molecule has 5 nitrogen and oxygen atoms in total. The lowest BCUT2D eigenvalue weighted by Crippen LogP contribution is -2.44. The van der Waals surface area contributed by atoms with Gasteiger partial charge in [-0.3, -0.25) is 0 Å². The molecule has 1 atom stereocenters. The lowest BCUT2D eigenvalue weighted by Gasteiger charge is -2.18. The molecule has 0 spiro atoms. The van der Waals surface area contributed by atoms with Crippen molar-refractivity contribution in [2.45, 2.75) is 32.5 Å². The number of carboxylic acids is 1. The molecule has 3 N–H and O–H groups in total. The second-order valence-corrected chi connectivity index (χ2v) is 6.30. The maximum absolute atomic E-state index is 10.9. The van der Waals surface area contributed by atoms with Crippen molar-refractivity contribution in [3.8, 4) is 0 Å². The van der Waals surface area contributed by atoms with Gasteiger partial charge in [-0.05, 0) is 37.6 Å². The van der Waals surface area contributed by atoms with E-state index in [1.54, 1.807) is 0 Å². The van der Waals surface area contributed by atoms with Gasteiger partial charge in [0.1, 0.15) is 0 Å². The molecule has 2 aromatic carbocycles. The molecule has 1 aromatic heterocycles. The summed E-state index contributed by atoms with van der Waals surface area (Å²) in [6.07, 6.45) is 0. The minimum Gasteiger partial charge on any atom is -0.479 e. The molecule has 1 unspecified atom stereocenters. The minimum absolute atomic E-state index is 0.00289. The number of rotatable bonds is 6. The van der Waals surface area contributed by atoms with Gasteiger partial charge in [0.2, 0.25) is 0 Å². The van der Waals surface area contributed by atoms with E-state index >= 15 is 0 Å². The quantitative estimate of drug-likeness (QED) is 0.651. The summed E-state index contributed by atoms with van der Waals surface area (Å²) in [5.41, 5.74) is 1.71. The Balaban J connectivity index is 1.89. The molecule has 126 valence electrons. The van der Waals surface area contributed by atoms with Gasteiger partial charge in [-0.25, -0.2) is 4.79 Å². The van der Waals surface area contributed by atoms with Gasteiger partial charge in [0.15, 0.2) is 5.60 Å². The van der Waals surface area contributed by atoms with Gasteiger partial charge in [0.25, 0.3) is 0 Å². The van der Waals surface area contributed by atoms with Crippen molar-refractivity contribution in [2.75, 3.05) is 6.54 Å². The number of benzene rings is 2. The van der Waals surface area contributed by atoms with Gasteiger partial charge < -0.3 is 20.1 Å². The first kappa shape index (κ1) is 16.5. The van der Waals surface area contributed by atoms with Gasteiger partial charge in [0.05, 0.1) is 0 Å². The number of nitrogens with zero attached hydrogens (tertiary/aromatic N) is 1. The molecule has 5 heteroatoms. The van der Waals surface area contributed by atoms with Crippen LogP contribution in [-0.2, 0) is 17.9 Å². The Morgan fingerprint density at radius 3 is 2.58 bits per heavy atom. The molecule has 0 fully saturated rings. The van der Waals surface area contributed by atoms with Crippen LogP contribution in [0, 0.1) is 0 Å². The number of aliphatic hydroxyl groups is 1. The topological polar surface area (TPSA) is 74.5 Å². The maximum atomic E-state index is 10.9. The highest BCUT2D eigenvalue weighted by atomic mass is 16.4. The molecule has 0 saturated carbocycles. The van der Waals surface area contributed by atoms with E-state index in [1.165, 1.54) is 28.7 Å². The monoisotopic (exact) mass is 326 g/mol. The predicted octanol–water partition coefficient (Wildman–Crippen LogP) is 2.74. The van der Waals surface area contributed by atoms with Crippen molar-refractivity contribution in [3.05, 3.63) is 48.0 Å². The van der Waals surface area contributed by atoms with Crippen LogP contribution in [0.25, 0.3) is 21.8 Å². The summed E-state index contributed by atoms with van der Waals surface area (Å²) < 4.78 is 2.29. The molecular formula is C19H22N2O3. The Hall–Kier alpha value is -2.37. The number of hydrogen-bond acceptors (Lipinski definition) is 3. The zero-order chi connectivity index (χ0) is 17.3. The highest BCUT2D eigenvalue weighted by molar-refractivity contribution is 6.08. The van der Waals surface area contributed by atoms with Crippen molar-refractivity contribution in [2.24, 2.45) is 0 Å². The van der Waals surface area contributed by atoms with Crippen molar-refractivity contribution in [1.29, 1.82) is 0 Å². The summed E-state index contributed by atoms with van der Waals surface area (Å²) >= 11 is 0. The number of aryl methyl sites for hydroxylation is 1. The summed E-state index contributed by atoms with van der Waals surface area (Å²) in [6.45, 7) is 4.83. The van der Waals surface area contributed by atoms with Crippen LogP contribution < -0.4 is 5.32 Å². The standard InChI is InChI=1S/C19H22N2O3/c1-3-21-16-7-5-4-6-14(16)15-10-13(8-9-17(15)21)11-20-12-19(2,24)18(22)23/h4-10,20,24H,3,11-12H2,1-2H3,(H,22,23). The number of carboxylic acid groups (broad SMARTS) is 1. The van der Waals surface area contributed by atoms with Crippen LogP contribution in [0.4, 0.5) is 0 Å². The molecule has 24 heavy (non-hydrogen) atoms. The number of hydrogen-bond donors (Lipinski definition) is 3. The van der Waals surface area contributed by atoms with E-state index in [0.29, 0.717) is 6.54 Å². The molecule has 0 radical (unpaired) electrons. The number of nitrogens with one attached hydrogen (secondary N) is 1. The van der Waals surface area contributed by atoms with E-state index in [9.17, 15) is 9.90 Å². The lowest BCUT2D eigenvalue weighted by molar-refractivity contribution is -0.156. The SMILES string of the molecule is CCn1c2ccccc2c2cc(CNCC(C)(O)C(=O)O)ccc21. The zero-order valence-corrected chi connectivity index (χ0v) is 13.9. The van der Waals surface area contributed by atoms with Gasteiger partial charge in [-0.15, -0.1) is 0 Å². The highest BCUT2D eigenvalue weighted by Gasteiger charge is 2.29. The van der Waals surface area contributed by atoms with Crippen LogP contribution in [0.3, 0.4) is 0 Å². The Kier molecular flexibility index (Phi) is 4.30. The highest BCUT2D eigenvalue weighted by Crippen LogP contribution is 2.29. The van der Waals surface area contributed by atoms with Crippen molar-refractivity contribution in [1.82, 2.24) is 9.88 Å². The second-order valence-electron chi connectivity index (χ2n) is 6.30. The van der Waals surface area contributed by atoms with E-state index in [0.717, 1.165) is 12.1 Å². The first-order valence-corrected chi connectivity index (χ1v) is 8.10. The van der Waals surface area contributed by atoms with Crippen LogP contribution in [0.1, 0.15) is 19.4 Å². The number of carbonyl (C=O) groups is 1. The Bertz CT molecular complexity index is 896. The summed E-state index contributed by atoms with van der Waals surface area (Å²) in [6, 6.07) is 14.6. The van der Waals surface area contributed by atoms with Crippen molar-refractivity contribution < 1.29 is 15.0 Å². The predicted molar refractivity (Wildman–Crippen MR) is 95.1 cm³/mol. The van der Waals surface area contributed by atoms with Crippen LogP contribution in [0.15, 0.2) is 42.5 Å². The number of fused-ring (bicyclic) bond motifs is 3. The molecule has 0 bridgehead atoms. The van der Waals surface area contributed by atoms with E-state index in [4.69, 9.17) is 5.11 Å². The summed E-state index contributed by atoms with van der Waals surface area (Å²) in [4.78, 5) is 10.9. The zero-order valence-electron chi connectivity index (χ0n) is 13.9. The van der Waals surface area contributed by atoms with Gasteiger partial charge in [-0.2, -0.15) is 0 Å². The van der Waals surface area contributed by atoms with Gasteiger partial charge in [-0.1, -0.05) is 24.3 Å². The second kappa shape index (κ2) is 6.26. The maximum Gasteiger partial charge on any atom is 0.336 e. The van der Waals surface area contributed by atoms with Crippen LogP contribution in [0.2, 0.25) is 0 Å². The molecule has 3 rings (SSSR count). The summed E-state index contributed by atoms with van der Waals surface area (Å²) in [5.74, 6) is -1.23. The Morgan fingerprint density at radius 1 is 1.17 bits per heavy atom. The molecule has 0 aliphatic heterocycles. The van der Waals surface area contributed by atoms with Crippen LogP contribution in [0.5, 0.6) is 0 Å². The summed E-state index contributed by atoms with van der Waals surface area (Å²) in [5, 5.41) is 24.1. The number of para-hydroxylation sites is 1. The first-order valence-electron chi connectivity index (χ1n) is 8.10. The third-order valence-electron chi connectivity index (χ3n) is 4.41.